The normalized spacial score (nSPS) is 22.5. The van der Waals surface area contributed by atoms with E-state index < -0.39 is 4.92 Å². The molecular weight excluding hydrogens is 278 g/mol. The van der Waals surface area contributed by atoms with Crippen LogP contribution in [0.2, 0.25) is 5.15 Å². The summed E-state index contributed by atoms with van der Waals surface area (Å²) in [6, 6.07) is 3.06. The van der Waals surface area contributed by atoms with Gasteiger partial charge in [-0.05, 0) is 31.6 Å². The van der Waals surface area contributed by atoms with Crippen LogP contribution in [-0.2, 0) is 0 Å². The number of nitrogens with zero attached hydrogens (tertiary/aromatic N) is 2. The average Bonchev–Trinajstić information content (AvgIpc) is 2.40. The molecule has 1 N–H and O–H groups in total. The largest absolute Gasteiger partial charge is 0.367 e. The molecule has 1 aliphatic carbocycles. The Bertz CT molecular complexity index is 473. The van der Waals surface area contributed by atoms with E-state index in [-0.39, 0.29) is 10.8 Å². The van der Waals surface area contributed by atoms with Crippen LogP contribution in [0, 0.1) is 16.0 Å². The molecule has 1 fully saturated rings. The van der Waals surface area contributed by atoms with Gasteiger partial charge in [-0.15, -0.1) is 0 Å². The summed E-state index contributed by atoms with van der Waals surface area (Å²) in [5, 5.41) is 14.2. The van der Waals surface area contributed by atoms with Gasteiger partial charge in [0.25, 0.3) is 5.69 Å². The van der Waals surface area contributed by atoms with Crippen molar-refractivity contribution < 1.29 is 4.92 Å². The van der Waals surface area contributed by atoms with E-state index in [4.69, 9.17) is 11.6 Å². The lowest BCUT2D eigenvalue weighted by molar-refractivity contribution is -0.384. The van der Waals surface area contributed by atoms with Gasteiger partial charge >= 0.3 is 0 Å². The molecule has 1 heterocycles. The van der Waals surface area contributed by atoms with Crippen molar-refractivity contribution in [3.05, 3.63) is 27.4 Å². The van der Waals surface area contributed by atoms with Gasteiger partial charge < -0.3 is 5.32 Å². The maximum atomic E-state index is 10.8. The van der Waals surface area contributed by atoms with Crippen LogP contribution < -0.4 is 5.32 Å². The van der Waals surface area contributed by atoms with Crippen LogP contribution in [0.4, 0.5) is 11.5 Å². The molecule has 0 bridgehead atoms. The number of rotatable bonds is 5. The maximum Gasteiger partial charge on any atom is 0.276 e. The second kappa shape index (κ2) is 6.88. The number of anilines is 1. The molecule has 1 aromatic rings. The van der Waals surface area contributed by atoms with Gasteiger partial charge in [0.1, 0.15) is 11.0 Å². The minimum atomic E-state index is -0.448. The van der Waals surface area contributed by atoms with Crippen molar-refractivity contribution in [3.63, 3.8) is 0 Å². The third-order valence-corrected chi connectivity index (χ3v) is 4.08. The Hall–Kier alpha value is -1.36. The van der Waals surface area contributed by atoms with Crippen molar-refractivity contribution in [3.8, 4) is 0 Å². The third-order valence-electron chi connectivity index (χ3n) is 3.89. The summed E-state index contributed by atoms with van der Waals surface area (Å²) in [5.41, 5.74) is -0.0211. The summed E-state index contributed by atoms with van der Waals surface area (Å²) < 4.78 is 0. The Kier molecular flexibility index (Phi) is 5.17. The number of nitro groups is 1. The molecule has 0 atom stereocenters. The highest BCUT2D eigenvalue weighted by Crippen LogP contribution is 2.30. The number of aromatic nitrogens is 1. The molecule has 1 aliphatic rings. The van der Waals surface area contributed by atoms with Gasteiger partial charge in [-0.1, -0.05) is 31.4 Å². The van der Waals surface area contributed by atoms with Gasteiger partial charge in [0.15, 0.2) is 0 Å². The summed E-state index contributed by atoms with van der Waals surface area (Å²) in [7, 11) is 0. The number of nitrogens with one attached hydrogen (secondary N) is 1. The molecule has 0 aliphatic heterocycles. The lowest BCUT2D eigenvalue weighted by Gasteiger charge is -2.29. The van der Waals surface area contributed by atoms with Crippen LogP contribution in [0.25, 0.3) is 0 Å². The monoisotopic (exact) mass is 297 g/mol. The van der Waals surface area contributed by atoms with Gasteiger partial charge in [-0.3, -0.25) is 10.1 Å². The molecule has 6 heteroatoms. The van der Waals surface area contributed by atoms with E-state index in [1.807, 2.05) is 0 Å². The van der Waals surface area contributed by atoms with Crippen LogP contribution in [-0.4, -0.2) is 15.9 Å². The quantitative estimate of drug-likeness (QED) is 0.496. The van der Waals surface area contributed by atoms with Crippen LogP contribution in [0.3, 0.4) is 0 Å². The Labute approximate surface area is 123 Å². The standard InChI is InChI=1S/C14H20ClN3O2/c1-2-3-10-4-6-11(7-5-10)16-14-9-12(18(19)20)8-13(15)17-14/h8-11H,2-7H2,1H3,(H,16,17). The minimum Gasteiger partial charge on any atom is -0.367 e. The van der Waals surface area contributed by atoms with Crippen molar-refractivity contribution in [2.24, 2.45) is 5.92 Å². The summed E-state index contributed by atoms with van der Waals surface area (Å²) >= 11 is 5.82. The zero-order chi connectivity index (χ0) is 14.5. The molecule has 0 spiro atoms. The van der Waals surface area contributed by atoms with Crippen LogP contribution in [0.5, 0.6) is 0 Å². The number of halogens is 1. The first kappa shape index (κ1) is 15.0. The number of pyridine rings is 1. The third kappa shape index (κ3) is 4.07. The fourth-order valence-electron chi connectivity index (χ4n) is 2.88. The molecular formula is C14H20ClN3O2. The van der Waals surface area contributed by atoms with E-state index in [1.54, 1.807) is 0 Å². The van der Waals surface area contributed by atoms with Gasteiger partial charge in [-0.25, -0.2) is 4.98 Å². The first-order valence-electron chi connectivity index (χ1n) is 7.17. The van der Waals surface area contributed by atoms with Gasteiger partial charge in [0.05, 0.1) is 17.1 Å². The van der Waals surface area contributed by atoms with E-state index >= 15 is 0 Å². The highest BCUT2D eigenvalue weighted by atomic mass is 35.5. The Balaban J connectivity index is 1.96. The molecule has 0 aromatic carbocycles. The Morgan fingerprint density at radius 2 is 2.10 bits per heavy atom. The fourth-order valence-corrected chi connectivity index (χ4v) is 3.08. The molecule has 1 aromatic heterocycles. The predicted molar refractivity (Wildman–Crippen MR) is 80.2 cm³/mol. The fraction of sp³-hybridized carbons (Fsp3) is 0.643. The van der Waals surface area contributed by atoms with Crippen molar-refractivity contribution in [2.45, 2.75) is 51.5 Å². The van der Waals surface area contributed by atoms with Gasteiger partial charge in [-0.2, -0.15) is 0 Å². The lowest BCUT2D eigenvalue weighted by atomic mass is 9.83. The predicted octanol–water partition coefficient (Wildman–Crippen LogP) is 4.41. The Morgan fingerprint density at radius 3 is 2.70 bits per heavy atom. The first-order chi connectivity index (χ1) is 9.58. The number of hydrogen-bond acceptors (Lipinski definition) is 4. The zero-order valence-corrected chi connectivity index (χ0v) is 12.4. The van der Waals surface area contributed by atoms with E-state index in [2.05, 4.69) is 17.2 Å². The smallest absolute Gasteiger partial charge is 0.276 e. The lowest BCUT2D eigenvalue weighted by Crippen LogP contribution is -2.26. The van der Waals surface area contributed by atoms with E-state index in [0.717, 1.165) is 18.8 Å². The molecule has 5 nitrogen and oxygen atoms in total. The highest BCUT2D eigenvalue weighted by Gasteiger charge is 2.21. The molecule has 110 valence electrons. The molecule has 1 saturated carbocycles. The minimum absolute atomic E-state index is 0.0211. The van der Waals surface area contributed by atoms with Crippen molar-refractivity contribution in [1.29, 1.82) is 0 Å². The molecule has 0 saturated heterocycles. The SMILES string of the molecule is CCCC1CCC(Nc2cc([N+](=O)[O-])cc(Cl)n2)CC1. The van der Waals surface area contributed by atoms with Gasteiger partial charge in [0.2, 0.25) is 0 Å². The highest BCUT2D eigenvalue weighted by molar-refractivity contribution is 6.29. The first-order valence-corrected chi connectivity index (χ1v) is 7.54. The summed E-state index contributed by atoms with van der Waals surface area (Å²) in [6.45, 7) is 2.22. The van der Waals surface area contributed by atoms with Gasteiger partial charge in [0, 0.05) is 6.04 Å². The van der Waals surface area contributed by atoms with E-state index in [9.17, 15) is 10.1 Å². The molecule has 0 amide bonds. The maximum absolute atomic E-state index is 10.8. The summed E-state index contributed by atoms with van der Waals surface area (Å²) in [6.07, 6.45) is 7.15. The average molecular weight is 298 g/mol. The zero-order valence-electron chi connectivity index (χ0n) is 11.6. The summed E-state index contributed by atoms with van der Waals surface area (Å²) in [4.78, 5) is 14.5. The second-order valence-corrected chi connectivity index (χ2v) is 5.83. The Morgan fingerprint density at radius 1 is 1.40 bits per heavy atom. The molecule has 0 radical (unpaired) electrons. The van der Waals surface area contributed by atoms with Crippen molar-refractivity contribution in [1.82, 2.24) is 4.98 Å². The van der Waals surface area contributed by atoms with Crippen molar-refractivity contribution >= 4 is 23.1 Å². The molecule has 0 unspecified atom stereocenters. The summed E-state index contributed by atoms with van der Waals surface area (Å²) in [5.74, 6) is 1.34. The molecule has 2 rings (SSSR count). The topological polar surface area (TPSA) is 68.1 Å². The van der Waals surface area contributed by atoms with E-state index in [1.165, 1.54) is 37.8 Å². The van der Waals surface area contributed by atoms with E-state index in [0.29, 0.717) is 11.9 Å². The second-order valence-electron chi connectivity index (χ2n) is 5.44. The van der Waals surface area contributed by atoms with Crippen LogP contribution in [0.15, 0.2) is 12.1 Å². The molecule has 20 heavy (non-hydrogen) atoms. The van der Waals surface area contributed by atoms with Crippen molar-refractivity contribution in [2.75, 3.05) is 5.32 Å². The number of hydrogen-bond donors (Lipinski definition) is 1. The van der Waals surface area contributed by atoms with Crippen LogP contribution >= 0.6 is 11.6 Å². The van der Waals surface area contributed by atoms with Crippen LogP contribution in [0.1, 0.15) is 45.4 Å².